The third-order valence-electron chi connectivity index (χ3n) is 2.80. The zero-order valence-electron chi connectivity index (χ0n) is 11.2. The van der Waals surface area contributed by atoms with E-state index in [4.69, 9.17) is 5.73 Å². The van der Waals surface area contributed by atoms with Crippen LogP contribution in [-0.2, 0) is 4.79 Å². The van der Waals surface area contributed by atoms with E-state index in [-0.39, 0.29) is 5.91 Å². The van der Waals surface area contributed by atoms with Crippen molar-refractivity contribution in [3.05, 3.63) is 20.1 Å². The Morgan fingerprint density at radius 3 is 1.83 bits per heavy atom. The van der Waals surface area contributed by atoms with Crippen molar-refractivity contribution in [2.24, 2.45) is 5.41 Å². The molecule has 0 heterocycles. The molecule has 0 aliphatic carbocycles. The topological polar surface area (TPSA) is 55.1 Å². The highest BCUT2D eigenvalue weighted by molar-refractivity contribution is 9.11. The minimum Gasteiger partial charge on any atom is -0.397 e. The van der Waals surface area contributed by atoms with E-state index in [0.29, 0.717) is 5.69 Å². The average molecular weight is 378 g/mol. The summed E-state index contributed by atoms with van der Waals surface area (Å²) < 4.78 is 1.62. The maximum absolute atomic E-state index is 12.1. The largest absolute Gasteiger partial charge is 0.397 e. The van der Waals surface area contributed by atoms with Gasteiger partial charge in [0.2, 0.25) is 5.91 Å². The molecule has 0 aliphatic rings. The highest BCUT2D eigenvalue weighted by Gasteiger charge is 2.24. The Morgan fingerprint density at radius 1 is 1.11 bits per heavy atom. The molecule has 0 aliphatic heterocycles. The van der Waals surface area contributed by atoms with Crippen molar-refractivity contribution in [1.82, 2.24) is 0 Å². The normalized spacial score (nSPS) is 11.5. The summed E-state index contributed by atoms with van der Waals surface area (Å²) in [5, 5.41) is 2.97. The van der Waals surface area contributed by atoms with Crippen LogP contribution in [0.2, 0.25) is 0 Å². The lowest BCUT2D eigenvalue weighted by Gasteiger charge is -2.22. The van der Waals surface area contributed by atoms with Crippen LogP contribution in [-0.4, -0.2) is 5.91 Å². The molecule has 0 fully saturated rings. The first-order valence-corrected chi connectivity index (χ1v) is 7.21. The van der Waals surface area contributed by atoms with E-state index < -0.39 is 5.41 Å². The van der Waals surface area contributed by atoms with E-state index in [0.717, 1.165) is 25.8 Å². The lowest BCUT2D eigenvalue weighted by molar-refractivity contribution is -0.123. The minimum atomic E-state index is -0.431. The molecule has 0 saturated heterocycles. The molecule has 3 nitrogen and oxygen atoms in total. The van der Waals surface area contributed by atoms with Crippen LogP contribution >= 0.6 is 31.9 Å². The lowest BCUT2D eigenvalue weighted by atomic mass is 9.95. The predicted octanol–water partition coefficient (Wildman–Crippen LogP) is 4.40. The summed E-state index contributed by atoms with van der Waals surface area (Å²) in [7, 11) is 0. The Bertz CT molecular complexity index is 476. The molecule has 1 aromatic rings. The van der Waals surface area contributed by atoms with Crippen LogP contribution in [0.3, 0.4) is 0 Å². The molecule has 0 saturated carbocycles. The van der Waals surface area contributed by atoms with Gasteiger partial charge in [-0.15, -0.1) is 0 Å². The monoisotopic (exact) mass is 376 g/mol. The third kappa shape index (κ3) is 2.88. The smallest absolute Gasteiger partial charge is 0.229 e. The van der Waals surface area contributed by atoms with Gasteiger partial charge >= 0.3 is 0 Å². The van der Waals surface area contributed by atoms with Gasteiger partial charge in [0.25, 0.3) is 0 Å². The molecule has 18 heavy (non-hydrogen) atoms. The third-order valence-corrected chi connectivity index (χ3v) is 4.84. The molecule has 0 spiro atoms. The molecule has 1 aromatic carbocycles. The highest BCUT2D eigenvalue weighted by atomic mass is 79.9. The van der Waals surface area contributed by atoms with Gasteiger partial charge in [-0.3, -0.25) is 4.79 Å². The number of benzene rings is 1. The molecule has 0 bridgehead atoms. The fraction of sp³-hybridized carbons (Fsp3) is 0.462. The van der Waals surface area contributed by atoms with Gasteiger partial charge in [-0.1, -0.05) is 20.8 Å². The summed E-state index contributed by atoms with van der Waals surface area (Å²) in [5.41, 5.74) is 8.86. The molecule has 3 N–H and O–H groups in total. The van der Waals surface area contributed by atoms with E-state index in [9.17, 15) is 4.79 Å². The number of carbonyl (C=O) groups excluding carboxylic acids is 1. The molecule has 0 radical (unpaired) electrons. The molecule has 0 unspecified atom stereocenters. The van der Waals surface area contributed by atoms with Gasteiger partial charge in [-0.2, -0.15) is 0 Å². The number of hydrogen-bond donors (Lipinski definition) is 2. The van der Waals surface area contributed by atoms with E-state index in [1.165, 1.54) is 0 Å². The van der Waals surface area contributed by atoms with Crippen LogP contribution in [0.4, 0.5) is 11.4 Å². The van der Waals surface area contributed by atoms with E-state index in [2.05, 4.69) is 37.2 Å². The molecule has 0 aromatic heterocycles. The van der Waals surface area contributed by atoms with Crippen molar-refractivity contribution in [3.63, 3.8) is 0 Å². The second kappa shape index (κ2) is 5.21. The molecular weight excluding hydrogens is 360 g/mol. The van der Waals surface area contributed by atoms with Gasteiger partial charge in [-0.25, -0.2) is 0 Å². The maximum atomic E-state index is 12.1. The first-order valence-electron chi connectivity index (χ1n) is 5.62. The van der Waals surface area contributed by atoms with Crippen molar-refractivity contribution < 1.29 is 4.79 Å². The number of rotatable bonds is 1. The van der Waals surface area contributed by atoms with Crippen molar-refractivity contribution in [2.45, 2.75) is 34.6 Å². The van der Waals surface area contributed by atoms with Crippen LogP contribution in [0, 0.1) is 19.3 Å². The molecule has 1 rings (SSSR count). The summed E-state index contributed by atoms with van der Waals surface area (Å²) in [6.45, 7) is 9.51. The Kier molecular flexibility index (Phi) is 4.49. The average Bonchev–Trinajstić information content (AvgIpc) is 2.28. The standard InChI is InChI=1S/C13H18Br2N2O/c1-6-8(14)10(16)9(15)7(2)11(6)17-12(18)13(3,4)5/h16H2,1-5H3,(H,17,18). The predicted molar refractivity (Wildman–Crippen MR) is 83.8 cm³/mol. The second-order valence-electron chi connectivity index (χ2n) is 5.37. The Balaban J connectivity index is 3.31. The van der Waals surface area contributed by atoms with Gasteiger partial charge in [0.15, 0.2) is 0 Å². The zero-order chi connectivity index (χ0) is 14.2. The Labute approximate surface area is 125 Å². The Hall–Kier alpha value is -0.550. The van der Waals surface area contributed by atoms with Crippen molar-refractivity contribution in [1.29, 1.82) is 0 Å². The number of amides is 1. The number of nitrogens with two attached hydrogens (primary N) is 1. The number of anilines is 2. The maximum Gasteiger partial charge on any atom is 0.229 e. The second-order valence-corrected chi connectivity index (χ2v) is 6.96. The SMILES string of the molecule is Cc1c(Br)c(N)c(Br)c(C)c1NC(=O)C(C)(C)C. The summed E-state index contributed by atoms with van der Waals surface area (Å²) in [4.78, 5) is 12.1. The van der Waals surface area contributed by atoms with Crippen LogP contribution in [0.25, 0.3) is 0 Å². The number of carbonyl (C=O) groups is 1. The Morgan fingerprint density at radius 2 is 1.50 bits per heavy atom. The highest BCUT2D eigenvalue weighted by Crippen LogP contribution is 2.40. The molecule has 100 valence electrons. The van der Waals surface area contributed by atoms with Crippen LogP contribution in [0.1, 0.15) is 31.9 Å². The van der Waals surface area contributed by atoms with Gasteiger partial charge in [0, 0.05) is 20.0 Å². The van der Waals surface area contributed by atoms with Crippen LogP contribution in [0.15, 0.2) is 8.95 Å². The van der Waals surface area contributed by atoms with E-state index in [1.807, 2.05) is 34.6 Å². The first-order chi connectivity index (χ1) is 8.07. The van der Waals surface area contributed by atoms with Crippen LogP contribution < -0.4 is 11.1 Å². The summed E-state index contributed by atoms with van der Waals surface area (Å²) in [6, 6.07) is 0. The number of nitrogens with one attached hydrogen (secondary N) is 1. The summed E-state index contributed by atoms with van der Waals surface area (Å²) in [5.74, 6) is -0.0164. The molecule has 1 amide bonds. The van der Waals surface area contributed by atoms with Gasteiger partial charge in [0.1, 0.15) is 0 Å². The van der Waals surface area contributed by atoms with Gasteiger partial charge in [-0.05, 0) is 56.8 Å². The lowest BCUT2D eigenvalue weighted by Crippen LogP contribution is -2.28. The number of nitrogen functional groups attached to an aromatic ring is 1. The quantitative estimate of drug-likeness (QED) is 0.712. The summed E-state index contributed by atoms with van der Waals surface area (Å²) in [6.07, 6.45) is 0. The summed E-state index contributed by atoms with van der Waals surface area (Å²) >= 11 is 6.90. The molecule has 5 heteroatoms. The van der Waals surface area contributed by atoms with Crippen molar-refractivity contribution in [3.8, 4) is 0 Å². The van der Waals surface area contributed by atoms with Crippen LogP contribution in [0.5, 0.6) is 0 Å². The first kappa shape index (κ1) is 15.5. The van der Waals surface area contributed by atoms with Gasteiger partial charge in [0.05, 0.1) is 5.69 Å². The van der Waals surface area contributed by atoms with Crippen molar-refractivity contribution in [2.75, 3.05) is 11.1 Å². The molecule has 0 atom stereocenters. The molecular formula is C13H18Br2N2O. The zero-order valence-corrected chi connectivity index (χ0v) is 14.4. The van der Waals surface area contributed by atoms with E-state index in [1.54, 1.807) is 0 Å². The number of halogens is 2. The number of hydrogen-bond acceptors (Lipinski definition) is 2. The van der Waals surface area contributed by atoms with Gasteiger partial charge < -0.3 is 11.1 Å². The fourth-order valence-corrected chi connectivity index (χ4v) is 2.55. The fourth-order valence-electron chi connectivity index (χ4n) is 1.49. The minimum absolute atomic E-state index is 0.0164. The van der Waals surface area contributed by atoms with Crippen molar-refractivity contribution >= 4 is 49.1 Å². The van der Waals surface area contributed by atoms with E-state index >= 15 is 0 Å².